The molecule has 0 bridgehead atoms. The van der Waals surface area contributed by atoms with Gasteiger partial charge < -0.3 is 0 Å². The molecule has 0 atom stereocenters. The third kappa shape index (κ3) is 4.10. The number of rotatable bonds is 3. The minimum absolute atomic E-state index is 0.00807. The first-order valence-corrected chi connectivity index (χ1v) is 5.50. The van der Waals surface area contributed by atoms with Gasteiger partial charge in [0.1, 0.15) is 0 Å². The Hall–Kier alpha value is -0.730. The van der Waals surface area contributed by atoms with Crippen LogP contribution in [0.15, 0.2) is 12.2 Å². The minimum atomic E-state index is -2.48. The molecule has 15 heavy (non-hydrogen) atoms. The van der Waals surface area contributed by atoms with Crippen LogP contribution in [0.1, 0.15) is 39.5 Å². The molecule has 0 aromatic carbocycles. The van der Waals surface area contributed by atoms with Gasteiger partial charge in [-0.1, -0.05) is 19.9 Å². The smallest absolute Gasteiger partial charge is 0.248 e. The van der Waals surface area contributed by atoms with E-state index in [9.17, 15) is 13.6 Å². The van der Waals surface area contributed by atoms with E-state index >= 15 is 0 Å². The molecule has 0 saturated heterocycles. The van der Waals surface area contributed by atoms with Gasteiger partial charge in [0.25, 0.3) is 0 Å². The van der Waals surface area contributed by atoms with Crippen molar-refractivity contribution in [2.45, 2.75) is 45.5 Å². The Morgan fingerprint density at radius 3 is 2.33 bits per heavy atom. The molecule has 86 valence electrons. The van der Waals surface area contributed by atoms with E-state index in [0.29, 0.717) is 12.8 Å². The van der Waals surface area contributed by atoms with E-state index in [1.807, 2.05) is 13.8 Å². The van der Waals surface area contributed by atoms with Crippen LogP contribution in [-0.4, -0.2) is 11.7 Å². The fraction of sp³-hybridized carbons (Fsp3) is 0.750. The second-order valence-corrected chi connectivity index (χ2v) is 4.61. The van der Waals surface area contributed by atoms with Crippen molar-refractivity contribution in [1.82, 2.24) is 0 Å². The first-order chi connectivity index (χ1) is 6.91. The lowest BCUT2D eigenvalue weighted by molar-refractivity contribution is -0.117. The summed E-state index contributed by atoms with van der Waals surface area (Å²) < 4.78 is 25.6. The van der Waals surface area contributed by atoms with Crippen LogP contribution >= 0.6 is 0 Å². The first kappa shape index (κ1) is 12.3. The van der Waals surface area contributed by atoms with Crippen LogP contribution in [0.2, 0.25) is 0 Å². The van der Waals surface area contributed by atoms with Crippen LogP contribution in [0.4, 0.5) is 8.78 Å². The number of hydrogen-bond donors (Lipinski definition) is 0. The van der Waals surface area contributed by atoms with Crippen molar-refractivity contribution in [2.75, 3.05) is 0 Å². The summed E-state index contributed by atoms with van der Waals surface area (Å²) in [5.41, 5.74) is 0. The van der Waals surface area contributed by atoms with Crippen molar-refractivity contribution < 1.29 is 13.6 Å². The fourth-order valence-corrected chi connectivity index (χ4v) is 1.68. The van der Waals surface area contributed by atoms with Gasteiger partial charge >= 0.3 is 0 Å². The highest BCUT2D eigenvalue weighted by molar-refractivity contribution is 5.91. The van der Waals surface area contributed by atoms with E-state index in [2.05, 4.69) is 0 Å². The second-order valence-electron chi connectivity index (χ2n) is 4.61. The van der Waals surface area contributed by atoms with Gasteiger partial charge in [0.2, 0.25) is 5.92 Å². The molecule has 1 fully saturated rings. The average molecular weight is 216 g/mol. The van der Waals surface area contributed by atoms with Crippen LogP contribution in [-0.2, 0) is 4.79 Å². The lowest BCUT2D eigenvalue weighted by Crippen LogP contribution is -2.23. The Balaban J connectivity index is 2.39. The molecule has 0 radical (unpaired) electrons. The highest BCUT2D eigenvalue weighted by Gasteiger charge is 2.33. The van der Waals surface area contributed by atoms with Crippen molar-refractivity contribution in [3.05, 3.63) is 12.2 Å². The van der Waals surface area contributed by atoms with Crippen LogP contribution in [0.3, 0.4) is 0 Å². The summed E-state index contributed by atoms with van der Waals surface area (Å²) in [7, 11) is 0. The van der Waals surface area contributed by atoms with E-state index in [-0.39, 0.29) is 30.5 Å². The topological polar surface area (TPSA) is 17.1 Å². The number of carbonyl (C=O) groups is 1. The number of ketones is 1. The lowest BCUT2D eigenvalue weighted by atomic mass is 9.86. The molecule has 3 heteroatoms. The zero-order chi connectivity index (χ0) is 11.5. The molecule has 1 nitrogen and oxygen atoms in total. The molecule has 0 unspecified atom stereocenters. The third-order valence-corrected chi connectivity index (χ3v) is 2.86. The molecule has 0 aromatic heterocycles. The van der Waals surface area contributed by atoms with E-state index in [1.165, 1.54) is 0 Å². The lowest BCUT2D eigenvalue weighted by Gasteiger charge is -2.26. The molecule has 1 saturated carbocycles. The van der Waals surface area contributed by atoms with Gasteiger partial charge in [0.05, 0.1) is 0 Å². The summed E-state index contributed by atoms with van der Waals surface area (Å²) >= 11 is 0. The Labute approximate surface area is 89.6 Å². The Kier molecular flexibility index (Phi) is 4.00. The molecule has 0 aliphatic heterocycles. The van der Waals surface area contributed by atoms with Crippen molar-refractivity contribution in [3.8, 4) is 0 Å². The van der Waals surface area contributed by atoms with Gasteiger partial charge in [-0.15, -0.1) is 0 Å². The Morgan fingerprint density at radius 1 is 1.33 bits per heavy atom. The van der Waals surface area contributed by atoms with Crippen LogP contribution in [0, 0.1) is 11.8 Å². The predicted octanol–water partition coefficient (Wildman–Crippen LogP) is 3.59. The van der Waals surface area contributed by atoms with Crippen molar-refractivity contribution >= 4 is 5.78 Å². The average Bonchev–Trinajstić information content (AvgIpc) is 2.15. The summed E-state index contributed by atoms with van der Waals surface area (Å²) in [6, 6.07) is 0. The maximum atomic E-state index is 12.8. The van der Waals surface area contributed by atoms with Gasteiger partial charge in [-0.2, -0.15) is 0 Å². The Bertz CT molecular complexity index is 246. The van der Waals surface area contributed by atoms with Crippen molar-refractivity contribution in [1.29, 1.82) is 0 Å². The highest BCUT2D eigenvalue weighted by Crippen LogP contribution is 2.36. The van der Waals surface area contributed by atoms with Crippen molar-refractivity contribution in [3.63, 3.8) is 0 Å². The van der Waals surface area contributed by atoms with E-state index in [1.54, 1.807) is 12.2 Å². The van der Waals surface area contributed by atoms with Crippen LogP contribution in [0.5, 0.6) is 0 Å². The van der Waals surface area contributed by atoms with Gasteiger partial charge in [0.15, 0.2) is 5.78 Å². The largest absolute Gasteiger partial charge is 0.295 e. The minimum Gasteiger partial charge on any atom is -0.295 e. The molecule has 0 amide bonds. The molecule has 0 N–H and O–H groups in total. The van der Waals surface area contributed by atoms with Gasteiger partial charge in [0, 0.05) is 18.8 Å². The molecular formula is C12H18F2O. The third-order valence-electron chi connectivity index (χ3n) is 2.86. The number of alkyl halides is 2. The van der Waals surface area contributed by atoms with Gasteiger partial charge in [-0.25, -0.2) is 8.78 Å². The van der Waals surface area contributed by atoms with Gasteiger partial charge in [-0.05, 0) is 24.8 Å². The molecule has 0 heterocycles. The van der Waals surface area contributed by atoms with Crippen molar-refractivity contribution in [2.24, 2.45) is 11.8 Å². The van der Waals surface area contributed by atoms with E-state index < -0.39 is 5.92 Å². The Morgan fingerprint density at radius 2 is 1.87 bits per heavy atom. The summed E-state index contributed by atoms with van der Waals surface area (Å²) in [5, 5.41) is 0. The predicted molar refractivity (Wildman–Crippen MR) is 55.9 cm³/mol. The summed E-state index contributed by atoms with van der Waals surface area (Å²) in [6.07, 6.45) is 4.26. The number of carbonyl (C=O) groups excluding carboxylic acids is 1. The molecule has 0 aromatic rings. The zero-order valence-electron chi connectivity index (χ0n) is 9.30. The zero-order valence-corrected chi connectivity index (χ0v) is 9.30. The van der Waals surface area contributed by atoms with Crippen LogP contribution in [0.25, 0.3) is 0 Å². The summed E-state index contributed by atoms with van der Waals surface area (Å²) in [6.45, 7) is 3.67. The number of hydrogen-bond acceptors (Lipinski definition) is 1. The van der Waals surface area contributed by atoms with Crippen LogP contribution < -0.4 is 0 Å². The normalized spacial score (nSPS) is 22.5. The standard InChI is InChI=1S/C12H18F2O/c1-9(2)11(15)4-3-10-5-7-12(13,14)8-6-10/h3-4,9-10H,5-8H2,1-2H3/b4-3+. The maximum absolute atomic E-state index is 12.8. The molecule has 1 rings (SSSR count). The highest BCUT2D eigenvalue weighted by atomic mass is 19.3. The molecular weight excluding hydrogens is 198 g/mol. The summed E-state index contributed by atoms with van der Waals surface area (Å²) in [5.74, 6) is -2.25. The quantitative estimate of drug-likeness (QED) is 0.659. The van der Waals surface area contributed by atoms with E-state index in [0.717, 1.165) is 0 Å². The monoisotopic (exact) mass is 216 g/mol. The number of halogens is 2. The van der Waals surface area contributed by atoms with E-state index in [4.69, 9.17) is 0 Å². The number of allylic oxidation sites excluding steroid dienone is 2. The molecule has 0 spiro atoms. The SMILES string of the molecule is CC(C)C(=O)/C=C/C1CCC(F)(F)CC1. The maximum Gasteiger partial charge on any atom is 0.248 e. The fourth-order valence-electron chi connectivity index (χ4n) is 1.68. The first-order valence-electron chi connectivity index (χ1n) is 5.50. The molecule has 1 aliphatic carbocycles. The molecule has 1 aliphatic rings. The van der Waals surface area contributed by atoms with Gasteiger partial charge in [-0.3, -0.25) is 4.79 Å². The summed E-state index contributed by atoms with van der Waals surface area (Å²) in [4.78, 5) is 11.3. The second kappa shape index (κ2) is 4.86.